The van der Waals surface area contributed by atoms with Crippen molar-refractivity contribution in [3.63, 3.8) is 0 Å². The average Bonchev–Trinajstić information content (AvgIpc) is 2.28. The van der Waals surface area contributed by atoms with Gasteiger partial charge in [0.05, 0.1) is 11.2 Å². The molecule has 0 aliphatic rings. The van der Waals surface area contributed by atoms with Crippen LogP contribution in [0.4, 0.5) is 5.69 Å². The largest absolute Gasteiger partial charge is 0.398 e. The Morgan fingerprint density at radius 3 is 2.68 bits per heavy atom. The molecule has 0 fully saturated rings. The first kappa shape index (κ1) is 15.5. The molecule has 0 radical (unpaired) electrons. The number of aryl methyl sites for hydroxylation is 1. The first-order valence-electron chi connectivity index (χ1n) is 6.58. The minimum absolute atomic E-state index is 0.220. The zero-order chi connectivity index (χ0) is 14.6. The van der Waals surface area contributed by atoms with Crippen LogP contribution >= 0.6 is 0 Å². The molecule has 4 N–H and O–H groups in total. The number of aliphatic hydroxyl groups is 1. The van der Waals surface area contributed by atoms with Gasteiger partial charge in [-0.25, -0.2) is 0 Å². The average molecular weight is 264 g/mol. The second-order valence-corrected chi connectivity index (χ2v) is 5.81. The van der Waals surface area contributed by atoms with Crippen molar-refractivity contribution in [2.24, 2.45) is 5.92 Å². The van der Waals surface area contributed by atoms with E-state index in [2.05, 4.69) is 5.32 Å². The van der Waals surface area contributed by atoms with Gasteiger partial charge in [-0.2, -0.15) is 0 Å². The second-order valence-electron chi connectivity index (χ2n) is 5.81. The van der Waals surface area contributed by atoms with Crippen LogP contribution in [-0.2, 0) is 0 Å². The first-order valence-corrected chi connectivity index (χ1v) is 6.58. The molecule has 1 atom stereocenters. The maximum Gasteiger partial charge on any atom is 0.253 e. The molecule has 0 bridgehead atoms. The molecule has 1 amide bonds. The third-order valence-electron chi connectivity index (χ3n) is 3.05. The summed E-state index contributed by atoms with van der Waals surface area (Å²) in [5.74, 6) is 0.126. The number of nitrogens with two attached hydrogens (primary N) is 1. The number of rotatable bonds is 5. The Hall–Kier alpha value is -1.55. The standard InChI is InChI=1S/C15H24N2O2/c1-10(2)8-15(4,19)9-17-14(18)12-7-5-6-11(3)13(12)16/h5-7,10,19H,8-9,16H2,1-4H3,(H,17,18). The van der Waals surface area contributed by atoms with E-state index in [-0.39, 0.29) is 12.5 Å². The van der Waals surface area contributed by atoms with Crippen molar-refractivity contribution in [3.05, 3.63) is 29.3 Å². The number of carbonyl (C=O) groups excluding carboxylic acids is 1. The minimum atomic E-state index is -0.900. The summed E-state index contributed by atoms with van der Waals surface area (Å²) in [4.78, 5) is 12.0. The topological polar surface area (TPSA) is 75.3 Å². The number of amides is 1. The Bertz CT molecular complexity index is 453. The van der Waals surface area contributed by atoms with Crippen molar-refractivity contribution >= 4 is 11.6 Å². The first-order chi connectivity index (χ1) is 8.73. The third kappa shape index (κ3) is 4.56. The number of anilines is 1. The van der Waals surface area contributed by atoms with Crippen molar-refractivity contribution in [2.45, 2.75) is 39.7 Å². The number of hydrogen-bond donors (Lipinski definition) is 3. The molecule has 1 rings (SSSR count). The summed E-state index contributed by atoms with van der Waals surface area (Å²) in [6.45, 7) is 7.88. The number of nitrogens with one attached hydrogen (secondary N) is 1. The van der Waals surface area contributed by atoms with Crippen LogP contribution in [0.15, 0.2) is 18.2 Å². The molecule has 4 nitrogen and oxygen atoms in total. The number of benzene rings is 1. The lowest BCUT2D eigenvalue weighted by Crippen LogP contribution is -2.41. The summed E-state index contributed by atoms with van der Waals surface area (Å²) in [5.41, 5.74) is 6.80. The van der Waals surface area contributed by atoms with E-state index in [9.17, 15) is 9.90 Å². The zero-order valence-electron chi connectivity index (χ0n) is 12.2. The van der Waals surface area contributed by atoms with Crippen molar-refractivity contribution < 1.29 is 9.90 Å². The summed E-state index contributed by atoms with van der Waals surface area (Å²) in [7, 11) is 0. The number of hydrogen-bond acceptors (Lipinski definition) is 3. The summed E-state index contributed by atoms with van der Waals surface area (Å²) in [6.07, 6.45) is 0.635. The molecule has 19 heavy (non-hydrogen) atoms. The SMILES string of the molecule is Cc1cccc(C(=O)NCC(C)(O)CC(C)C)c1N. The van der Waals surface area contributed by atoms with E-state index in [0.717, 1.165) is 5.56 Å². The van der Waals surface area contributed by atoms with Gasteiger partial charge < -0.3 is 16.2 Å². The van der Waals surface area contributed by atoms with Crippen LogP contribution in [0.1, 0.15) is 43.1 Å². The lowest BCUT2D eigenvalue weighted by Gasteiger charge is -2.25. The summed E-state index contributed by atoms with van der Waals surface area (Å²) in [6, 6.07) is 5.35. The Morgan fingerprint density at radius 1 is 1.47 bits per heavy atom. The highest BCUT2D eigenvalue weighted by Gasteiger charge is 2.23. The van der Waals surface area contributed by atoms with E-state index in [1.165, 1.54) is 0 Å². The minimum Gasteiger partial charge on any atom is -0.398 e. The van der Waals surface area contributed by atoms with Crippen LogP contribution in [-0.4, -0.2) is 23.2 Å². The Kier molecular flexibility index (Phi) is 4.95. The maximum atomic E-state index is 12.0. The van der Waals surface area contributed by atoms with Gasteiger partial charge in [0, 0.05) is 12.2 Å². The number of para-hydroxylation sites is 1. The van der Waals surface area contributed by atoms with Gasteiger partial charge >= 0.3 is 0 Å². The van der Waals surface area contributed by atoms with Crippen LogP contribution in [0.25, 0.3) is 0 Å². The molecule has 0 spiro atoms. The predicted octanol–water partition coefficient (Wildman–Crippen LogP) is 2.10. The summed E-state index contributed by atoms with van der Waals surface area (Å²) >= 11 is 0. The molecule has 106 valence electrons. The fourth-order valence-corrected chi connectivity index (χ4v) is 2.20. The molecule has 1 unspecified atom stereocenters. The van der Waals surface area contributed by atoms with Crippen LogP contribution < -0.4 is 11.1 Å². The Balaban J connectivity index is 2.68. The molecule has 1 aromatic rings. The predicted molar refractivity (Wildman–Crippen MR) is 78.0 cm³/mol. The third-order valence-corrected chi connectivity index (χ3v) is 3.05. The van der Waals surface area contributed by atoms with Crippen molar-refractivity contribution in [1.82, 2.24) is 5.32 Å². The fraction of sp³-hybridized carbons (Fsp3) is 0.533. The van der Waals surface area contributed by atoms with Crippen LogP contribution in [0.2, 0.25) is 0 Å². The van der Waals surface area contributed by atoms with Gasteiger partial charge in [-0.1, -0.05) is 26.0 Å². The summed E-state index contributed by atoms with van der Waals surface area (Å²) in [5, 5.41) is 12.9. The van der Waals surface area contributed by atoms with Gasteiger partial charge in [0.1, 0.15) is 0 Å². The van der Waals surface area contributed by atoms with E-state index in [0.29, 0.717) is 23.6 Å². The molecule has 0 aliphatic carbocycles. The fourth-order valence-electron chi connectivity index (χ4n) is 2.20. The molecule has 0 aromatic heterocycles. The number of nitrogen functional groups attached to an aromatic ring is 1. The molecular weight excluding hydrogens is 240 g/mol. The number of carbonyl (C=O) groups is 1. The van der Waals surface area contributed by atoms with E-state index in [1.807, 2.05) is 26.8 Å². The van der Waals surface area contributed by atoms with Gasteiger partial charge in [-0.05, 0) is 37.8 Å². The molecule has 0 heterocycles. The monoisotopic (exact) mass is 264 g/mol. The van der Waals surface area contributed by atoms with Gasteiger partial charge in [0.2, 0.25) is 0 Å². The highest BCUT2D eigenvalue weighted by molar-refractivity contribution is 5.99. The van der Waals surface area contributed by atoms with Crippen molar-refractivity contribution in [3.8, 4) is 0 Å². The molecule has 0 saturated heterocycles. The van der Waals surface area contributed by atoms with Crippen LogP contribution in [0.5, 0.6) is 0 Å². The lowest BCUT2D eigenvalue weighted by atomic mass is 9.94. The summed E-state index contributed by atoms with van der Waals surface area (Å²) < 4.78 is 0. The smallest absolute Gasteiger partial charge is 0.253 e. The highest BCUT2D eigenvalue weighted by atomic mass is 16.3. The zero-order valence-corrected chi connectivity index (χ0v) is 12.2. The van der Waals surface area contributed by atoms with Crippen molar-refractivity contribution in [1.29, 1.82) is 0 Å². The molecule has 0 saturated carbocycles. The molecule has 1 aromatic carbocycles. The molecule has 0 aliphatic heterocycles. The van der Waals surface area contributed by atoms with E-state index in [4.69, 9.17) is 5.73 Å². The van der Waals surface area contributed by atoms with E-state index >= 15 is 0 Å². The molecular formula is C15H24N2O2. The van der Waals surface area contributed by atoms with Gasteiger partial charge in [0.25, 0.3) is 5.91 Å². The van der Waals surface area contributed by atoms with Gasteiger partial charge in [0.15, 0.2) is 0 Å². The lowest BCUT2D eigenvalue weighted by molar-refractivity contribution is 0.0368. The highest BCUT2D eigenvalue weighted by Crippen LogP contribution is 2.18. The van der Waals surface area contributed by atoms with Crippen molar-refractivity contribution in [2.75, 3.05) is 12.3 Å². The second kappa shape index (κ2) is 6.06. The van der Waals surface area contributed by atoms with E-state index in [1.54, 1.807) is 19.1 Å². The van der Waals surface area contributed by atoms with Gasteiger partial charge in [-0.15, -0.1) is 0 Å². The maximum absolute atomic E-state index is 12.0. The van der Waals surface area contributed by atoms with Gasteiger partial charge in [-0.3, -0.25) is 4.79 Å². The quantitative estimate of drug-likeness (QED) is 0.713. The Labute approximate surface area is 115 Å². The van der Waals surface area contributed by atoms with Crippen LogP contribution in [0.3, 0.4) is 0 Å². The van der Waals surface area contributed by atoms with E-state index < -0.39 is 5.60 Å². The Morgan fingerprint density at radius 2 is 2.11 bits per heavy atom. The molecule has 4 heteroatoms. The van der Waals surface area contributed by atoms with Crippen LogP contribution in [0, 0.1) is 12.8 Å². The normalized spacial score (nSPS) is 14.2.